The molecule has 0 saturated carbocycles. The normalized spacial score (nSPS) is 10.8. The number of aliphatic imine (C=N–C) groups is 1. The maximum absolute atomic E-state index is 12.4. The molecule has 0 radical (unpaired) electrons. The van der Waals surface area contributed by atoms with Crippen molar-refractivity contribution in [2.75, 3.05) is 0 Å². The van der Waals surface area contributed by atoms with Crippen molar-refractivity contribution in [1.82, 2.24) is 0 Å². The number of isothiocyanates is 1. The Balaban J connectivity index is 3.44. The zero-order valence-corrected chi connectivity index (χ0v) is 7.49. The number of rotatable bonds is 1. The van der Waals surface area contributed by atoms with Gasteiger partial charge < -0.3 is 5.11 Å². The van der Waals surface area contributed by atoms with Gasteiger partial charge in [-0.15, -0.1) is 0 Å². The van der Waals surface area contributed by atoms with Gasteiger partial charge in [-0.05, 0) is 24.4 Å². The minimum absolute atomic E-state index is 0.437. The van der Waals surface area contributed by atoms with E-state index in [4.69, 9.17) is 5.11 Å². The highest BCUT2D eigenvalue weighted by molar-refractivity contribution is 7.78. The van der Waals surface area contributed by atoms with Crippen LogP contribution in [0.5, 0.6) is 5.75 Å². The lowest BCUT2D eigenvalue weighted by atomic mass is 10.1. The van der Waals surface area contributed by atoms with Gasteiger partial charge in [-0.3, -0.25) is 0 Å². The molecule has 0 heterocycles. The van der Waals surface area contributed by atoms with E-state index in [2.05, 4.69) is 17.2 Å². The van der Waals surface area contributed by atoms with Gasteiger partial charge in [0.15, 0.2) is 0 Å². The predicted octanol–water partition coefficient (Wildman–Crippen LogP) is 3.15. The molecule has 6 heteroatoms. The van der Waals surface area contributed by atoms with Gasteiger partial charge in [0.1, 0.15) is 11.3 Å². The molecule has 1 rings (SSSR count). The molecule has 0 atom stereocenters. The Hall–Kier alpha value is -1.39. The van der Waals surface area contributed by atoms with Crippen LogP contribution in [0.4, 0.5) is 18.9 Å². The first-order valence-corrected chi connectivity index (χ1v) is 3.84. The largest absolute Gasteiger partial charge is 0.507 e. The van der Waals surface area contributed by atoms with Crippen LogP contribution in [0.1, 0.15) is 5.56 Å². The Morgan fingerprint density at radius 2 is 2.00 bits per heavy atom. The zero-order valence-electron chi connectivity index (χ0n) is 6.67. The Labute approximate surface area is 82.7 Å². The number of hydrogen-bond donors (Lipinski definition) is 1. The first kappa shape index (κ1) is 10.7. The summed E-state index contributed by atoms with van der Waals surface area (Å²) in [6, 6.07) is 3.28. The highest BCUT2D eigenvalue weighted by atomic mass is 32.1. The number of alkyl halides is 3. The van der Waals surface area contributed by atoms with E-state index >= 15 is 0 Å². The van der Waals surface area contributed by atoms with E-state index in [9.17, 15) is 13.2 Å². The van der Waals surface area contributed by atoms with Crippen molar-refractivity contribution in [2.45, 2.75) is 6.18 Å². The molecule has 0 amide bonds. The van der Waals surface area contributed by atoms with E-state index in [0.717, 1.165) is 12.1 Å². The van der Waals surface area contributed by atoms with Gasteiger partial charge in [0.05, 0.1) is 10.8 Å². The standard InChI is InChI=1S/C8H4F3NOS/c9-8(10,11)7-5(12-4-14)2-1-3-6(7)13/h1-3,13H. The molecule has 14 heavy (non-hydrogen) atoms. The van der Waals surface area contributed by atoms with Gasteiger partial charge in [-0.25, -0.2) is 0 Å². The van der Waals surface area contributed by atoms with Crippen molar-refractivity contribution < 1.29 is 18.3 Å². The molecule has 0 unspecified atom stereocenters. The minimum atomic E-state index is -4.66. The van der Waals surface area contributed by atoms with Crippen LogP contribution in [0.3, 0.4) is 0 Å². The molecule has 0 fully saturated rings. The molecular weight excluding hydrogens is 215 g/mol. The number of hydrogen-bond acceptors (Lipinski definition) is 3. The van der Waals surface area contributed by atoms with E-state index in [0.29, 0.717) is 0 Å². The van der Waals surface area contributed by atoms with E-state index < -0.39 is 23.2 Å². The number of thiocarbonyl (C=S) groups is 1. The van der Waals surface area contributed by atoms with Crippen LogP contribution in [-0.4, -0.2) is 10.3 Å². The predicted molar refractivity (Wildman–Crippen MR) is 47.8 cm³/mol. The SMILES string of the molecule is Oc1cccc(N=C=S)c1C(F)(F)F. The number of phenols is 1. The third kappa shape index (κ3) is 2.10. The molecule has 0 saturated heterocycles. The third-order valence-electron chi connectivity index (χ3n) is 1.47. The van der Waals surface area contributed by atoms with Crippen LogP contribution < -0.4 is 0 Å². The van der Waals surface area contributed by atoms with Crippen molar-refractivity contribution in [3.8, 4) is 5.75 Å². The van der Waals surface area contributed by atoms with Gasteiger partial charge >= 0.3 is 6.18 Å². The second-order valence-electron chi connectivity index (χ2n) is 2.37. The van der Waals surface area contributed by atoms with Crippen LogP contribution >= 0.6 is 12.2 Å². The number of aromatic hydroxyl groups is 1. The van der Waals surface area contributed by atoms with Crippen LogP contribution in [0.2, 0.25) is 0 Å². The smallest absolute Gasteiger partial charge is 0.422 e. The number of halogens is 3. The van der Waals surface area contributed by atoms with Crippen molar-refractivity contribution in [3.63, 3.8) is 0 Å². The van der Waals surface area contributed by atoms with Gasteiger partial charge in [-0.1, -0.05) is 6.07 Å². The second-order valence-corrected chi connectivity index (χ2v) is 2.55. The number of nitrogens with zero attached hydrogens (tertiary/aromatic N) is 1. The molecule has 1 aromatic rings. The molecule has 1 N–H and O–H groups in total. The Morgan fingerprint density at radius 1 is 1.36 bits per heavy atom. The lowest BCUT2D eigenvalue weighted by Gasteiger charge is -2.10. The monoisotopic (exact) mass is 219 g/mol. The van der Waals surface area contributed by atoms with E-state index in [1.165, 1.54) is 6.07 Å². The summed E-state index contributed by atoms with van der Waals surface area (Å²) in [4.78, 5) is 3.22. The van der Waals surface area contributed by atoms with Gasteiger partial charge in [0, 0.05) is 0 Å². The summed E-state index contributed by atoms with van der Waals surface area (Å²) in [6.07, 6.45) is -4.66. The van der Waals surface area contributed by atoms with Crippen molar-refractivity contribution in [2.24, 2.45) is 4.99 Å². The Bertz CT molecular complexity index is 396. The summed E-state index contributed by atoms with van der Waals surface area (Å²) >= 11 is 4.19. The van der Waals surface area contributed by atoms with E-state index in [1.807, 2.05) is 5.16 Å². The maximum Gasteiger partial charge on any atom is 0.422 e. The summed E-state index contributed by atoms with van der Waals surface area (Å²) in [5, 5.41) is 10.8. The molecule has 1 aromatic carbocycles. The molecule has 74 valence electrons. The van der Waals surface area contributed by atoms with E-state index in [1.54, 1.807) is 0 Å². The molecule has 0 aliphatic heterocycles. The van der Waals surface area contributed by atoms with Gasteiger partial charge in [-0.2, -0.15) is 18.2 Å². The van der Waals surface area contributed by atoms with Crippen molar-refractivity contribution in [3.05, 3.63) is 23.8 Å². The fraction of sp³-hybridized carbons (Fsp3) is 0.125. The molecular formula is C8H4F3NOS. The molecule has 0 bridgehead atoms. The summed E-state index contributed by atoms with van der Waals surface area (Å²) in [5.41, 5.74) is -1.63. The van der Waals surface area contributed by atoms with Crippen LogP contribution in [0.25, 0.3) is 0 Å². The lowest BCUT2D eigenvalue weighted by molar-refractivity contribution is -0.138. The van der Waals surface area contributed by atoms with E-state index in [-0.39, 0.29) is 0 Å². The van der Waals surface area contributed by atoms with Gasteiger partial charge in [0.2, 0.25) is 0 Å². The average molecular weight is 219 g/mol. The summed E-state index contributed by atoms with van der Waals surface area (Å²) in [5.74, 6) is -0.871. The zero-order chi connectivity index (χ0) is 10.8. The average Bonchev–Trinajstić information content (AvgIpc) is 2.02. The summed E-state index contributed by atoms with van der Waals surface area (Å²) < 4.78 is 37.1. The second kappa shape index (κ2) is 3.77. The molecule has 2 nitrogen and oxygen atoms in total. The highest BCUT2D eigenvalue weighted by Gasteiger charge is 2.36. The van der Waals surface area contributed by atoms with Crippen molar-refractivity contribution >= 4 is 23.1 Å². The Morgan fingerprint density at radius 3 is 2.50 bits per heavy atom. The first-order valence-electron chi connectivity index (χ1n) is 3.44. The molecule has 0 aliphatic carbocycles. The topological polar surface area (TPSA) is 32.6 Å². The molecule has 0 spiro atoms. The molecule has 0 aromatic heterocycles. The summed E-state index contributed by atoms with van der Waals surface area (Å²) in [7, 11) is 0. The van der Waals surface area contributed by atoms with Crippen LogP contribution in [0, 0.1) is 0 Å². The van der Waals surface area contributed by atoms with Crippen LogP contribution in [-0.2, 0) is 6.18 Å². The quantitative estimate of drug-likeness (QED) is 0.581. The number of benzene rings is 1. The maximum atomic E-state index is 12.4. The minimum Gasteiger partial charge on any atom is -0.507 e. The summed E-state index contributed by atoms with van der Waals surface area (Å²) in [6.45, 7) is 0. The first-order chi connectivity index (χ1) is 6.46. The fourth-order valence-corrected chi connectivity index (χ4v) is 1.06. The Kier molecular flexibility index (Phi) is 2.88. The van der Waals surface area contributed by atoms with Crippen molar-refractivity contribution in [1.29, 1.82) is 0 Å². The highest BCUT2D eigenvalue weighted by Crippen LogP contribution is 2.41. The fourth-order valence-electron chi connectivity index (χ4n) is 0.961. The third-order valence-corrected chi connectivity index (χ3v) is 1.56. The lowest BCUT2D eigenvalue weighted by Crippen LogP contribution is -2.05. The van der Waals surface area contributed by atoms with Crippen LogP contribution in [0.15, 0.2) is 23.2 Å². The number of phenolic OH excluding ortho intramolecular Hbond substituents is 1. The van der Waals surface area contributed by atoms with Gasteiger partial charge in [0.25, 0.3) is 0 Å². The molecule has 0 aliphatic rings.